The first-order chi connectivity index (χ1) is 9.56. The Labute approximate surface area is 126 Å². The first kappa shape index (κ1) is 15.0. The van der Waals surface area contributed by atoms with Gasteiger partial charge in [0.05, 0.1) is 17.9 Å². The summed E-state index contributed by atoms with van der Waals surface area (Å²) in [6.45, 7) is 6.43. The third-order valence-electron chi connectivity index (χ3n) is 2.95. The highest BCUT2D eigenvalue weighted by Gasteiger charge is 2.14. The summed E-state index contributed by atoms with van der Waals surface area (Å²) in [6.07, 6.45) is 4.43. The molecular formula is C13H17ClN4OS. The molecule has 0 bridgehead atoms. The monoisotopic (exact) mass is 312 g/mol. The van der Waals surface area contributed by atoms with Crippen molar-refractivity contribution in [2.24, 2.45) is 0 Å². The lowest BCUT2D eigenvalue weighted by Crippen LogP contribution is -2.23. The van der Waals surface area contributed by atoms with Gasteiger partial charge in [0, 0.05) is 17.6 Å². The zero-order chi connectivity index (χ0) is 14.7. The minimum Gasteiger partial charge on any atom is -0.373 e. The van der Waals surface area contributed by atoms with Crippen LogP contribution in [0.2, 0.25) is 5.02 Å². The lowest BCUT2D eigenvalue weighted by atomic mass is 10.3. The molecule has 0 aliphatic carbocycles. The van der Waals surface area contributed by atoms with Crippen LogP contribution in [0.1, 0.15) is 36.7 Å². The zero-order valence-corrected chi connectivity index (χ0v) is 13.3. The van der Waals surface area contributed by atoms with Gasteiger partial charge in [-0.25, -0.2) is 9.67 Å². The van der Waals surface area contributed by atoms with Crippen LogP contribution in [0.3, 0.4) is 0 Å². The fourth-order valence-electron chi connectivity index (χ4n) is 1.77. The SMILES string of the molecule is CCc1cnc(C(C)Nc2cnn(CC)c(=O)c2Cl)s1. The number of nitrogens with zero attached hydrogens (tertiary/aromatic N) is 3. The maximum absolute atomic E-state index is 11.9. The normalized spacial score (nSPS) is 12.4. The van der Waals surface area contributed by atoms with Crippen LogP contribution in [0.15, 0.2) is 17.2 Å². The van der Waals surface area contributed by atoms with Crippen LogP contribution in [0, 0.1) is 0 Å². The Morgan fingerprint density at radius 1 is 1.45 bits per heavy atom. The molecule has 2 rings (SSSR count). The second kappa shape index (κ2) is 6.37. The molecule has 0 amide bonds. The quantitative estimate of drug-likeness (QED) is 0.921. The van der Waals surface area contributed by atoms with E-state index in [9.17, 15) is 4.79 Å². The first-order valence-corrected chi connectivity index (χ1v) is 7.73. The summed E-state index contributed by atoms with van der Waals surface area (Å²) in [5, 5.41) is 8.40. The smallest absolute Gasteiger partial charge is 0.287 e. The molecule has 0 fully saturated rings. The van der Waals surface area contributed by atoms with Gasteiger partial charge in [-0.2, -0.15) is 5.10 Å². The number of thiazole rings is 1. The highest BCUT2D eigenvalue weighted by atomic mass is 35.5. The van der Waals surface area contributed by atoms with Crippen LogP contribution in [0.25, 0.3) is 0 Å². The Bertz CT molecular complexity index is 652. The molecule has 0 aliphatic rings. The number of aryl methyl sites for hydroxylation is 2. The maximum atomic E-state index is 11.9. The van der Waals surface area contributed by atoms with Crippen molar-refractivity contribution < 1.29 is 0 Å². The van der Waals surface area contributed by atoms with Crippen LogP contribution < -0.4 is 10.9 Å². The van der Waals surface area contributed by atoms with E-state index in [2.05, 4.69) is 22.3 Å². The van der Waals surface area contributed by atoms with Gasteiger partial charge in [0.1, 0.15) is 10.0 Å². The van der Waals surface area contributed by atoms with Gasteiger partial charge in [-0.15, -0.1) is 11.3 Å². The van der Waals surface area contributed by atoms with Crippen molar-refractivity contribution in [3.63, 3.8) is 0 Å². The molecule has 108 valence electrons. The molecule has 7 heteroatoms. The largest absolute Gasteiger partial charge is 0.373 e. The number of rotatable bonds is 5. The van der Waals surface area contributed by atoms with E-state index in [0.29, 0.717) is 12.2 Å². The highest BCUT2D eigenvalue weighted by Crippen LogP contribution is 2.25. The van der Waals surface area contributed by atoms with E-state index >= 15 is 0 Å². The summed E-state index contributed by atoms with van der Waals surface area (Å²) >= 11 is 7.75. The molecule has 2 aromatic heterocycles. The number of hydrogen-bond donors (Lipinski definition) is 1. The molecular weight excluding hydrogens is 296 g/mol. The molecule has 1 atom stereocenters. The number of aromatic nitrogens is 3. The second-order valence-electron chi connectivity index (χ2n) is 4.38. The minimum atomic E-state index is -0.278. The summed E-state index contributed by atoms with van der Waals surface area (Å²) < 4.78 is 1.33. The summed E-state index contributed by atoms with van der Waals surface area (Å²) in [4.78, 5) is 17.5. The van der Waals surface area contributed by atoms with Crippen molar-refractivity contribution in [2.45, 2.75) is 39.8 Å². The second-order valence-corrected chi connectivity index (χ2v) is 5.90. The topological polar surface area (TPSA) is 59.8 Å². The van der Waals surface area contributed by atoms with Gasteiger partial charge in [0.15, 0.2) is 0 Å². The molecule has 20 heavy (non-hydrogen) atoms. The molecule has 0 saturated carbocycles. The lowest BCUT2D eigenvalue weighted by Gasteiger charge is -2.14. The Morgan fingerprint density at radius 2 is 2.20 bits per heavy atom. The van der Waals surface area contributed by atoms with Gasteiger partial charge in [-0.1, -0.05) is 18.5 Å². The third-order valence-corrected chi connectivity index (χ3v) is 4.64. The molecule has 1 N–H and O–H groups in total. The molecule has 0 aliphatic heterocycles. The first-order valence-electron chi connectivity index (χ1n) is 6.53. The van der Waals surface area contributed by atoms with Crippen molar-refractivity contribution >= 4 is 28.6 Å². The van der Waals surface area contributed by atoms with Gasteiger partial charge in [0.2, 0.25) is 0 Å². The molecule has 0 aromatic carbocycles. The van der Waals surface area contributed by atoms with Gasteiger partial charge >= 0.3 is 0 Å². The Morgan fingerprint density at radius 3 is 2.80 bits per heavy atom. The van der Waals surface area contributed by atoms with E-state index in [1.807, 2.05) is 20.0 Å². The van der Waals surface area contributed by atoms with E-state index in [1.54, 1.807) is 17.5 Å². The lowest BCUT2D eigenvalue weighted by molar-refractivity contribution is 0.615. The number of hydrogen-bond acceptors (Lipinski definition) is 5. The van der Waals surface area contributed by atoms with Crippen molar-refractivity contribution in [3.8, 4) is 0 Å². The summed E-state index contributed by atoms with van der Waals surface area (Å²) in [5.41, 5.74) is 0.266. The Hall–Kier alpha value is -1.40. The van der Waals surface area contributed by atoms with Gasteiger partial charge < -0.3 is 5.32 Å². The van der Waals surface area contributed by atoms with Crippen LogP contribution in [0.5, 0.6) is 0 Å². The number of halogens is 1. The van der Waals surface area contributed by atoms with E-state index in [1.165, 1.54) is 9.56 Å². The minimum absolute atomic E-state index is 0.0172. The van der Waals surface area contributed by atoms with Crippen LogP contribution in [-0.2, 0) is 13.0 Å². The number of nitrogens with one attached hydrogen (secondary N) is 1. The van der Waals surface area contributed by atoms with Crippen LogP contribution >= 0.6 is 22.9 Å². The van der Waals surface area contributed by atoms with E-state index < -0.39 is 0 Å². The van der Waals surface area contributed by atoms with Crippen molar-refractivity contribution in [3.05, 3.63) is 37.7 Å². The van der Waals surface area contributed by atoms with Crippen molar-refractivity contribution in [1.29, 1.82) is 0 Å². The third kappa shape index (κ3) is 3.02. The molecule has 1 unspecified atom stereocenters. The molecule has 2 heterocycles. The highest BCUT2D eigenvalue weighted by molar-refractivity contribution is 7.11. The fraction of sp³-hybridized carbons (Fsp3) is 0.462. The summed E-state index contributed by atoms with van der Waals surface area (Å²) in [6, 6.07) is -0.0172. The summed E-state index contributed by atoms with van der Waals surface area (Å²) in [5.74, 6) is 0. The van der Waals surface area contributed by atoms with Crippen molar-refractivity contribution in [2.75, 3.05) is 5.32 Å². The molecule has 0 saturated heterocycles. The average molecular weight is 313 g/mol. The van der Waals surface area contributed by atoms with Gasteiger partial charge in [-0.3, -0.25) is 4.79 Å². The van der Waals surface area contributed by atoms with Crippen molar-refractivity contribution in [1.82, 2.24) is 14.8 Å². The van der Waals surface area contributed by atoms with Crippen LogP contribution in [-0.4, -0.2) is 14.8 Å². The molecule has 0 radical (unpaired) electrons. The van der Waals surface area contributed by atoms with Crippen LogP contribution in [0.4, 0.5) is 5.69 Å². The standard InChI is InChI=1S/C13H17ClN4OS/c1-4-9-6-15-12(20-9)8(3)17-10-7-16-18(5-2)13(19)11(10)14/h6-8,17H,4-5H2,1-3H3. The molecule has 5 nitrogen and oxygen atoms in total. The molecule has 2 aromatic rings. The zero-order valence-electron chi connectivity index (χ0n) is 11.7. The van der Waals surface area contributed by atoms with E-state index in [4.69, 9.17) is 11.6 Å². The fourth-order valence-corrected chi connectivity index (χ4v) is 2.83. The van der Waals surface area contributed by atoms with Gasteiger partial charge in [0.25, 0.3) is 5.56 Å². The predicted molar refractivity (Wildman–Crippen MR) is 82.7 cm³/mol. The molecule has 0 spiro atoms. The van der Waals surface area contributed by atoms with E-state index in [-0.39, 0.29) is 16.6 Å². The predicted octanol–water partition coefficient (Wildman–Crippen LogP) is 3.11. The number of anilines is 1. The maximum Gasteiger partial charge on any atom is 0.287 e. The summed E-state index contributed by atoms with van der Waals surface area (Å²) in [7, 11) is 0. The Balaban J connectivity index is 2.21. The Kier molecular flexibility index (Phi) is 4.77. The average Bonchev–Trinajstić information content (AvgIpc) is 2.93. The van der Waals surface area contributed by atoms with E-state index in [0.717, 1.165) is 11.4 Å². The van der Waals surface area contributed by atoms with Gasteiger partial charge in [-0.05, 0) is 20.3 Å².